The van der Waals surface area contributed by atoms with Crippen LogP contribution in [0.5, 0.6) is 11.5 Å². The van der Waals surface area contributed by atoms with E-state index in [1.54, 1.807) is 4.57 Å². The fourth-order valence-electron chi connectivity index (χ4n) is 0.817. The molecule has 1 aliphatic rings. The van der Waals surface area contributed by atoms with Gasteiger partial charge in [0.1, 0.15) is 0 Å². The van der Waals surface area contributed by atoms with Gasteiger partial charge in [-0.1, -0.05) is 0 Å². The normalized spacial score (nSPS) is 13.5. The fraction of sp³-hybridized carbons (Fsp3) is 0.200. The molecule has 0 saturated carbocycles. The van der Waals surface area contributed by atoms with Gasteiger partial charge in [-0.25, -0.2) is 0 Å². The molecule has 42 valence electrons. The lowest BCUT2D eigenvalue weighted by atomic mass is 10.4. The van der Waals surface area contributed by atoms with Gasteiger partial charge in [-0.2, -0.15) is 0 Å². The second-order valence-electron chi connectivity index (χ2n) is 1.94. The molecule has 0 radical (unpaired) electrons. The number of rotatable bonds is 0. The van der Waals surface area contributed by atoms with Crippen LogP contribution < -0.4 is 0 Å². The first-order valence-electron chi connectivity index (χ1n) is 2.39. The molecule has 2 heterocycles. The Morgan fingerprint density at radius 2 is 2.25 bits per heavy atom. The highest BCUT2D eigenvalue weighted by atomic mass is 16.3. The van der Waals surface area contributed by atoms with Crippen LogP contribution in [0.3, 0.4) is 0 Å². The molecule has 0 aliphatic carbocycles. The molecule has 3 nitrogen and oxygen atoms in total. The molecule has 2 N–H and O–H groups in total. The van der Waals surface area contributed by atoms with Crippen molar-refractivity contribution >= 4 is 0 Å². The van der Waals surface area contributed by atoms with Crippen LogP contribution in [0.15, 0.2) is 6.20 Å². The Hall–Kier alpha value is -1.12. The van der Waals surface area contributed by atoms with Crippen LogP contribution in [0, 0.1) is 0 Å². The fourth-order valence-corrected chi connectivity index (χ4v) is 0.817. The number of aromatic nitrogens is 1. The van der Waals surface area contributed by atoms with Crippen molar-refractivity contribution in [2.75, 3.05) is 0 Å². The van der Waals surface area contributed by atoms with Gasteiger partial charge < -0.3 is 14.8 Å². The lowest BCUT2D eigenvalue weighted by Gasteiger charge is -1.83. The molecular weight excluding hydrogens is 106 g/mol. The molecule has 3 heteroatoms. The third-order valence-electron chi connectivity index (χ3n) is 1.36. The Morgan fingerprint density at radius 3 is 2.50 bits per heavy atom. The molecule has 0 spiro atoms. The SMILES string of the molecule is Oc1cn2c(c1O)C2. The predicted molar refractivity (Wildman–Crippen MR) is 26.9 cm³/mol. The smallest absolute Gasteiger partial charge is 0.180 e. The number of aromatic hydroxyl groups is 2. The van der Waals surface area contributed by atoms with Crippen molar-refractivity contribution in [1.29, 1.82) is 0 Å². The van der Waals surface area contributed by atoms with Crippen LogP contribution in [-0.2, 0) is 6.54 Å². The van der Waals surface area contributed by atoms with Gasteiger partial charge in [0.15, 0.2) is 11.5 Å². The minimum Gasteiger partial charge on any atom is -0.503 e. The monoisotopic (exact) mass is 111 g/mol. The van der Waals surface area contributed by atoms with Crippen molar-refractivity contribution in [3.05, 3.63) is 11.9 Å². The maximum atomic E-state index is 8.83. The number of hydrogen-bond donors (Lipinski definition) is 2. The first-order chi connectivity index (χ1) is 3.79. The summed E-state index contributed by atoms with van der Waals surface area (Å²) in [6.45, 7) is 0.788. The summed E-state index contributed by atoms with van der Waals surface area (Å²) in [6, 6.07) is 0. The van der Waals surface area contributed by atoms with E-state index in [0.717, 1.165) is 12.2 Å². The molecule has 2 rings (SSSR count). The van der Waals surface area contributed by atoms with Crippen molar-refractivity contribution < 1.29 is 10.2 Å². The van der Waals surface area contributed by atoms with Crippen molar-refractivity contribution in [1.82, 2.24) is 4.57 Å². The van der Waals surface area contributed by atoms with Gasteiger partial charge in [0.05, 0.1) is 18.4 Å². The van der Waals surface area contributed by atoms with E-state index in [2.05, 4.69) is 0 Å². The summed E-state index contributed by atoms with van der Waals surface area (Å²) in [5.74, 6) is 0.0382. The van der Waals surface area contributed by atoms with Crippen LogP contribution in [0.1, 0.15) is 5.69 Å². The third kappa shape index (κ3) is 0.258. The van der Waals surface area contributed by atoms with E-state index in [0.29, 0.717) is 0 Å². The first-order valence-corrected chi connectivity index (χ1v) is 2.39. The quantitative estimate of drug-likeness (QED) is 0.512. The zero-order chi connectivity index (χ0) is 5.72. The largest absolute Gasteiger partial charge is 0.503 e. The summed E-state index contributed by atoms with van der Waals surface area (Å²) in [5.41, 5.74) is 0.836. The lowest BCUT2D eigenvalue weighted by molar-refractivity contribution is 0.404. The van der Waals surface area contributed by atoms with Gasteiger partial charge in [-0.15, -0.1) is 0 Å². The highest BCUT2D eigenvalue weighted by molar-refractivity contribution is 5.48. The molecule has 0 aromatic carbocycles. The van der Waals surface area contributed by atoms with Gasteiger partial charge in [-0.05, 0) is 0 Å². The van der Waals surface area contributed by atoms with E-state index in [1.807, 2.05) is 0 Å². The van der Waals surface area contributed by atoms with Gasteiger partial charge in [0, 0.05) is 0 Å². The minimum absolute atomic E-state index is 0.00810. The van der Waals surface area contributed by atoms with E-state index >= 15 is 0 Å². The van der Waals surface area contributed by atoms with Gasteiger partial charge in [0.25, 0.3) is 0 Å². The Morgan fingerprint density at radius 1 is 1.50 bits per heavy atom. The lowest BCUT2D eigenvalue weighted by Crippen LogP contribution is -1.63. The van der Waals surface area contributed by atoms with Gasteiger partial charge in [-0.3, -0.25) is 0 Å². The molecule has 0 saturated heterocycles. The van der Waals surface area contributed by atoms with Crippen LogP contribution >= 0.6 is 0 Å². The molecule has 1 aromatic rings. The molecule has 0 unspecified atom stereocenters. The molecule has 0 bridgehead atoms. The van der Waals surface area contributed by atoms with E-state index in [1.165, 1.54) is 6.20 Å². The Kier molecular flexibility index (Phi) is 0.404. The van der Waals surface area contributed by atoms with Crippen LogP contribution in [0.2, 0.25) is 0 Å². The molecule has 0 atom stereocenters. The second-order valence-corrected chi connectivity index (χ2v) is 1.94. The predicted octanol–water partition coefficient (Wildman–Crippen LogP) is 0.261. The Labute approximate surface area is 45.8 Å². The molecule has 8 heavy (non-hydrogen) atoms. The number of nitrogens with zero attached hydrogens (tertiary/aromatic N) is 1. The van der Waals surface area contributed by atoms with E-state index in [9.17, 15) is 0 Å². The summed E-state index contributed by atoms with van der Waals surface area (Å²) in [5, 5.41) is 17.5. The van der Waals surface area contributed by atoms with Crippen LogP contribution in [0.4, 0.5) is 0 Å². The maximum absolute atomic E-state index is 8.83. The van der Waals surface area contributed by atoms with Crippen LogP contribution in [-0.4, -0.2) is 14.8 Å². The zero-order valence-corrected chi connectivity index (χ0v) is 4.13. The summed E-state index contributed by atoms with van der Waals surface area (Å²) >= 11 is 0. The number of fused-ring (bicyclic) bond motifs is 1. The summed E-state index contributed by atoms with van der Waals surface area (Å²) in [7, 11) is 0. The van der Waals surface area contributed by atoms with Crippen molar-refractivity contribution in [2.45, 2.75) is 6.54 Å². The van der Waals surface area contributed by atoms with Crippen molar-refractivity contribution in [3.63, 3.8) is 0 Å². The summed E-state index contributed by atoms with van der Waals surface area (Å²) < 4.78 is 1.78. The van der Waals surface area contributed by atoms with Crippen LogP contribution in [0.25, 0.3) is 0 Å². The molecular formula is C5H5NO2. The number of hydrogen-bond acceptors (Lipinski definition) is 2. The summed E-state index contributed by atoms with van der Waals surface area (Å²) in [6.07, 6.45) is 1.52. The molecule has 0 amide bonds. The van der Waals surface area contributed by atoms with E-state index in [4.69, 9.17) is 10.2 Å². The van der Waals surface area contributed by atoms with E-state index < -0.39 is 0 Å². The van der Waals surface area contributed by atoms with Crippen molar-refractivity contribution in [2.24, 2.45) is 0 Å². The van der Waals surface area contributed by atoms with Gasteiger partial charge in [0.2, 0.25) is 0 Å². The average molecular weight is 111 g/mol. The highest BCUT2D eigenvalue weighted by Crippen LogP contribution is 2.38. The summed E-state index contributed by atoms with van der Waals surface area (Å²) in [4.78, 5) is 0. The Balaban J connectivity index is 2.71. The minimum atomic E-state index is -0.00810. The zero-order valence-electron chi connectivity index (χ0n) is 4.13. The highest BCUT2D eigenvalue weighted by Gasteiger charge is 2.24. The van der Waals surface area contributed by atoms with Gasteiger partial charge >= 0.3 is 0 Å². The first kappa shape index (κ1) is 3.83. The molecule has 1 aromatic heterocycles. The topological polar surface area (TPSA) is 45.4 Å². The molecule has 0 fully saturated rings. The average Bonchev–Trinajstić information content (AvgIpc) is 2.39. The standard InChI is InChI=1S/C5H5NO2/c7-4-2-6-1-3(6)5(4)8/h2,7-8H,1H2. The maximum Gasteiger partial charge on any atom is 0.180 e. The third-order valence-corrected chi connectivity index (χ3v) is 1.36. The second kappa shape index (κ2) is 0.844. The molecule has 1 aliphatic heterocycles. The van der Waals surface area contributed by atoms with Crippen molar-refractivity contribution in [3.8, 4) is 11.5 Å². The van der Waals surface area contributed by atoms with E-state index in [-0.39, 0.29) is 11.5 Å². The Bertz CT molecular complexity index is 235.